The monoisotopic (exact) mass is 408 g/mol. The first kappa shape index (κ1) is 19.8. The first-order valence-electron chi connectivity index (χ1n) is 10.4. The topological polar surface area (TPSA) is 51.1 Å². The summed E-state index contributed by atoms with van der Waals surface area (Å²) < 4.78 is 6.00. The largest absolute Gasteiger partial charge is 0.494 e. The molecule has 152 valence electrons. The van der Waals surface area contributed by atoms with Crippen LogP contribution in [0.3, 0.4) is 0 Å². The number of piperidine rings is 1. The third-order valence-electron chi connectivity index (χ3n) is 5.53. The molecule has 0 N–H and O–H groups in total. The maximum atomic E-state index is 6.00. The highest BCUT2D eigenvalue weighted by atomic mass is 32.1. The number of rotatable bonds is 7. The van der Waals surface area contributed by atoms with Crippen molar-refractivity contribution in [3.63, 3.8) is 0 Å². The second-order valence-electron chi connectivity index (χ2n) is 7.62. The van der Waals surface area contributed by atoms with Crippen molar-refractivity contribution < 1.29 is 4.74 Å². The van der Waals surface area contributed by atoms with Gasteiger partial charge in [0.15, 0.2) is 5.82 Å². The molecular weight excluding hydrogens is 380 g/mol. The molecule has 4 rings (SSSR count). The van der Waals surface area contributed by atoms with Gasteiger partial charge in [0.05, 0.1) is 18.0 Å². The zero-order valence-electron chi connectivity index (χ0n) is 17.2. The molecule has 1 fully saturated rings. The number of hydrogen-bond donors (Lipinski definition) is 0. The first-order valence-corrected chi connectivity index (χ1v) is 11.3. The van der Waals surface area contributed by atoms with E-state index in [1.54, 1.807) is 11.3 Å². The average molecular weight is 409 g/mol. The molecule has 6 heteroatoms. The number of nitrogens with zero attached hydrogens (tertiary/aromatic N) is 4. The Kier molecular flexibility index (Phi) is 6.39. The van der Waals surface area contributed by atoms with Crippen LogP contribution in [0.2, 0.25) is 0 Å². The second-order valence-corrected chi connectivity index (χ2v) is 8.48. The summed E-state index contributed by atoms with van der Waals surface area (Å²) in [7, 11) is 0. The van der Waals surface area contributed by atoms with Gasteiger partial charge in [0.1, 0.15) is 10.8 Å². The molecule has 1 aromatic carbocycles. The summed E-state index contributed by atoms with van der Waals surface area (Å²) in [5.74, 6) is 2.65. The summed E-state index contributed by atoms with van der Waals surface area (Å²) in [6, 6.07) is 12.4. The van der Waals surface area contributed by atoms with E-state index in [-0.39, 0.29) is 0 Å². The van der Waals surface area contributed by atoms with E-state index in [1.165, 1.54) is 12.8 Å². The molecule has 0 amide bonds. The van der Waals surface area contributed by atoms with E-state index >= 15 is 0 Å². The number of benzene rings is 1. The van der Waals surface area contributed by atoms with Crippen molar-refractivity contribution in [2.45, 2.75) is 39.5 Å². The number of aryl methyl sites for hydroxylation is 2. The lowest BCUT2D eigenvalue weighted by molar-refractivity contribution is 0.258. The van der Waals surface area contributed by atoms with E-state index < -0.39 is 0 Å². The van der Waals surface area contributed by atoms with E-state index in [9.17, 15) is 0 Å². The molecule has 0 spiro atoms. The molecule has 5 nitrogen and oxygen atoms in total. The summed E-state index contributed by atoms with van der Waals surface area (Å²) in [5.41, 5.74) is 3.28. The van der Waals surface area contributed by atoms with Crippen LogP contribution in [0.1, 0.15) is 37.6 Å². The predicted molar refractivity (Wildman–Crippen MR) is 119 cm³/mol. The molecule has 3 aromatic rings. The van der Waals surface area contributed by atoms with Gasteiger partial charge in [0, 0.05) is 24.0 Å². The van der Waals surface area contributed by atoms with E-state index in [2.05, 4.69) is 62.7 Å². The second kappa shape index (κ2) is 9.35. The lowest BCUT2D eigenvalue weighted by Crippen LogP contribution is -2.34. The molecular formula is C23H28N4OS. The van der Waals surface area contributed by atoms with Crippen LogP contribution in [0.5, 0.6) is 5.75 Å². The molecule has 1 aliphatic rings. The fourth-order valence-corrected chi connectivity index (χ4v) is 4.56. The maximum absolute atomic E-state index is 6.00. The van der Waals surface area contributed by atoms with E-state index in [0.717, 1.165) is 66.1 Å². The average Bonchev–Trinajstić information content (AvgIpc) is 3.25. The highest BCUT2D eigenvalue weighted by Gasteiger charge is 2.20. The van der Waals surface area contributed by atoms with Crippen molar-refractivity contribution >= 4 is 17.2 Å². The Morgan fingerprint density at radius 2 is 1.86 bits per heavy atom. The van der Waals surface area contributed by atoms with Gasteiger partial charge in [0.25, 0.3) is 0 Å². The number of hydrogen-bond acceptors (Lipinski definition) is 6. The minimum Gasteiger partial charge on any atom is -0.494 e. The van der Waals surface area contributed by atoms with Crippen molar-refractivity contribution in [2.75, 3.05) is 24.6 Å². The van der Waals surface area contributed by atoms with Crippen LogP contribution >= 0.6 is 11.3 Å². The highest BCUT2D eigenvalue weighted by molar-refractivity contribution is 7.13. The van der Waals surface area contributed by atoms with Crippen LogP contribution in [0, 0.1) is 12.8 Å². The van der Waals surface area contributed by atoms with Gasteiger partial charge in [-0.05, 0) is 74.9 Å². The van der Waals surface area contributed by atoms with Crippen molar-refractivity contribution in [3.8, 4) is 16.3 Å². The Labute approximate surface area is 176 Å². The van der Waals surface area contributed by atoms with Gasteiger partial charge in [-0.1, -0.05) is 6.92 Å². The van der Waals surface area contributed by atoms with E-state index in [1.807, 2.05) is 13.0 Å². The molecule has 0 aliphatic carbocycles. The summed E-state index contributed by atoms with van der Waals surface area (Å²) in [6.07, 6.45) is 4.44. The molecule has 0 bridgehead atoms. The zero-order valence-corrected chi connectivity index (χ0v) is 18.0. The molecule has 29 heavy (non-hydrogen) atoms. The Bertz CT molecular complexity index is 899. The van der Waals surface area contributed by atoms with Crippen LogP contribution in [0.4, 0.5) is 5.82 Å². The molecule has 2 aromatic heterocycles. The van der Waals surface area contributed by atoms with Crippen LogP contribution < -0.4 is 9.64 Å². The zero-order chi connectivity index (χ0) is 20.1. The third kappa shape index (κ3) is 5.12. The van der Waals surface area contributed by atoms with Crippen LogP contribution in [-0.4, -0.2) is 34.9 Å². The number of aromatic nitrogens is 3. The Balaban J connectivity index is 1.21. The summed E-state index contributed by atoms with van der Waals surface area (Å²) in [5, 5.41) is 11.7. The van der Waals surface area contributed by atoms with Gasteiger partial charge in [-0.15, -0.1) is 16.4 Å². The Morgan fingerprint density at radius 3 is 2.52 bits per heavy atom. The summed E-state index contributed by atoms with van der Waals surface area (Å²) >= 11 is 1.70. The van der Waals surface area contributed by atoms with Crippen molar-refractivity contribution in [2.24, 2.45) is 5.92 Å². The van der Waals surface area contributed by atoms with Gasteiger partial charge < -0.3 is 9.64 Å². The fourth-order valence-electron chi connectivity index (χ4n) is 3.65. The maximum Gasteiger partial charge on any atom is 0.151 e. The third-order valence-corrected chi connectivity index (χ3v) is 6.47. The highest BCUT2D eigenvalue weighted by Crippen LogP contribution is 2.27. The summed E-state index contributed by atoms with van der Waals surface area (Å²) in [4.78, 5) is 6.99. The minimum absolute atomic E-state index is 0.715. The number of ether oxygens (including phenoxy) is 1. The predicted octanol–water partition coefficient (Wildman–Crippen LogP) is 5.16. The Hall–Kier alpha value is -2.47. The first-order chi connectivity index (χ1) is 14.2. The van der Waals surface area contributed by atoms with Gasteiger partial charge in [-0.3, -0.25) is 0 Å². The normalized spacial score (nSPS) is 14.9. The van der Waals surface area contributed by atoms with Crippen molar-refractivity contribution in [1.82, 2.24) is 15.2 Å². The van der Waals surface area contributed by atoms with Crippen LogP contribution in [0.15, 0.2) is 41.8 Å². The van der Waals surface area contributed by atoms with Gasteiger partial charge in [-0.25, -0.2) is 4.98 Å². The smallest absolute Gasteiger partial charge is 0.151 e. The van der Waals surface area contributed by atoms with E-state index in [4.69, 9.17) is 4.74 Å². The number of thiazole rings is 1. The number of anilines is 1. The quantitative estimate of drug-likeness (QED) is 0.541. The van der Waals surface area contributed by atoms with Gasteiger partial charge in [-0.2, -0.15) is 5.10 Å². The summed E-state index contributed by atoms with van der Waals surface area (Å²) in [6.45, 7) is 6.97. The van der Waals surface area contributed by atoms with Gasteiger partial charge in [0.2, 0.25) is 0 Å². The molecule has 1 aliphatic heterocycles. The minimum atomic E-state index is 0.715. The molecule has 0 saturated carbocycles. The van der Waals surface area contributed by atoms with E-state index in [0.29, 0.717) is 5.92 Å². The SMILES string of the molecule is CCc1csc(-c2ccc(OCCC3CCN(c4ccc(C)nn4)CC3)cc2)n1. The Morgan fingerprint density at radius 1 is 1.07 bits per heavy atom. The van der Waals surface area contributed by atoms with Crippen molar-refractivity contribution in [1.29, 1.82) is 0 Å². The van der Waals surface area contributed by atoms with Gasteiger partial charge >= 0.3 is 0 Å². The molecule has 3 heterocycles. The molecule has 0 atom stereocenters. The van der Waals surface area contributed by atoms with Crippen molar-refractivity contribution in [3.05, 3.63) is 53.2 Å². The fraction of sp³-hybridized carbons (Fsp3) is 0.435. The van der Waals surface area contributed by atoms with Crippen LogP contribution in [0.25, 0.3) is 10.6 Å². The lowest BCUT2D eigenvalue weighted by atomic mass is 9.94. The molecule has 1 saturated heterocycles. The molecule has 0 unspecified atom stereocenters. The lowest BCUT2D eigenvalue weighted by Gasteiger charge is -2.32. The molecule has 0 radical (unpaired) electrons. The standard InChI is InChI=1S/C23H28N4OS/c1-3-20-16-29-23(24-20)19-5-7-21(8-6-19)28-15-12-18-10-13-27(14-11-18)22-9-4-17(2)25-26-22/h4-9,16,18H,3,10-15H2,1-2H3. The van der Waals surface area contributed by atoms with Crippen LogP contribution in [-0.2, 0) is 6.42 Å².